The smallest absolute Gasteiger partial charge is 0.243 e. The van der Waals surface area contributed by atoms with Crippen molar-refractivity contribution in [3.8, 4) is 0 Å². The molecule has 8 heteroatoms. The number of hydrogen-bond donors (Lipinski definition) is 0. The van der Waals surface area contributed by atoms with E-state index in [4.69, 9.17) is 4.98 Å². The molecular weight excluding hydrogens is 444 g/mol. The van der Waals surface area contributed by atoms with E-state index < -0.39 is 21.3 Å². The van der Waals surface area contributed by atoms with Crippen molar-refractivity contribution in [2.24, 2.45) is 7.05 Å². The fourth-order valence-electron chi connectivity index (χ4n) is 4.86. The molecule has 5 rings (SSSR count). The predicted molar refractivity (Wildman–Crippen MR) is 122 cm³/mol. The van der Waals surface area contributed by atoms with Crippen LogP contribution in [-0.2, 0) is 22.5 Å². The van der Waals surface area contributed by atoms with Gasteiger partial charge in [0.1, 0.15) is 17.5 Å². The lowest BCUT2D eigenvalue weighted by molar-refractivity contribution is 0.254. The normalized spacial score (nSPS) is 16.8. The molecule has 0 radical (unpaired) electrons. The Balaban J connectivity index is 1.55. The first kappa shape index (κ1) is 21.7. The lowest BCUT2D eigenvalue weighted by Gasteiger charge is -2.41. The van der Waals surface area contributed by atoms with Gasteiger partial charge in [-0.2, -0.15) is 4.31 Å². The molecule has 0 unspecified atom stereocenters. The predicted octanol–water partition coefficient (Wildman–Crippen LogP) is 4.62. The molecule has 0 N–H and O–H groups in total. The number of fused-ring (bicyclic) bond motifs is 1. The van der Waals surface area contributed by atoms with Crippen LogP contribution in [0.4, 0.5) is 8.78 Å². The summed E-state index contributed by atoms with van der Waals surface area (Å²) in [5, 5.41) is 0. The highest BCUT2D eigenvalue weighted by Gasteiger charge is 2.44. The van der Waals surface area contributed by atoms with E-state index in [9.17, 15) is 17.2 Å². The number of aromatic nitrogens is 2. The van der Waals surface area contributed by atoms with Crippen molar-refractivity contribution in [3.63, 3.8) is 0 Å². The molecule has 0 spiro atoms. The van der Waals surface area contributed by atoms with Crippen LogP contribution >= 0.6 is 0 Å². The topological polar surface area (TPSA) is 55.2 Å². The first-order chi connectivity index (χ1) is 15.8. The first-order valence-electron chi connectivity index (χ1n) is 10.7. The Labute approximate surface area is 191 Å². The Morgan fingerprint density at radius 3 is 2.18 bits per heavy atom. The van der Waals surface area contributed by atoms with Crippen LogP contribution in [0.3, 0.4) is 0 Å². The van der Waals surface area contributed by atoms with Crippen LogP contribution in [0.5, 0.6) is 0 Å². The number of rotatable bonds is 4. The van der Waals surface area contributed by atoms with Crippen LogP contribution in [0.1, 0.15) is 24.2 Å². The van der Waals surface area contributed by atoms with Gasteiger partial charge in [-0.15, -0.1) is 0 Å². The van der Waals surface area contributed by atoms with Gasteiger partial charge in [-0.1, -0.05) is 30.3 Å². The number of benzene rings is 3. The van der Waals surface area contributed by atoms with Crippen LogP contribution in [0, 0.1) is 11.6 Å². The zero-order valence-corrected chi connectivity index (χ0v) is 18.9. The van der Waals surface area contributed by atoms with Crippen LogP contribution in [0.15, 0.2) is 77.7 Å². The Morgan fingerprint density at radius 2 is 1.52 bits per heavy atom. The van der Waals surface area contributed by atoms with Gasteiger partial charge < -0.3 is 4.57 Å². The molecule has 0 atom stereocenters. The van der Waals surface area contributed by atoms with Crippen molar-refractivity contribution in [3.05, 3.63) is 95.8 Å². The summed E-state index contributed by atoms with van der Waals surface area (Å²) in [7, 11) is -1.83. The molecule has 3 aromatic carbocycles. The number of aryl methyl sites for hydroxylation is 1. The number of halogens is 2. The fraction of sp³-hybridized carbons (Fsp3) is 0.240. The highest BCUT2D eigenvalue weighted by molar-refractivity contribution is 7.89. The van der Waals surface area contributed by atoms with Crippen LogP contribution in [-0.4, -0.2) is 35.4 Å². The molecule has 33 heavy (non-hydrogen) atoms. The Morgan fingerprint density at radius 1 is 0.879 bits per heavy atom. The van der Waals surface area contributed by atoms with E-state index in [1.165, 1.54) is 28.6 Å². The maximum atomic E-state index is 13.9. The van der Waals surface area contributed by atoms with E-state index in [1.807, 2.05) is 41.9 Å². The van der Waals surface area contributed by atoms with E-state index in [-0.39, 0.29) is 23.8 Å². The molecular formula is C25H23F2N3O2S. The van der Waals surface area contributed by atoms with Crippen molar-refractivity contribution < 1.29 is 17.2 Å². The van der Waals surface area contributed by atoms with Crippen molar-refractivity contribution >= 4 is 21.1 Å². The Hall–Kier alpha value is -3.10. The molecule has 1 saturated heterocycles. The van der Waals surface area contributed by atoms with Gasteiger partial charge in [-0.05, 0) is 54.8 Å². The summed E-state index contributed by atoms with van der Waals surface area (Å²) in [6.45, 7) is 0.568. The van der Waals surface area contributed by atoms with E-state index in [0.29, 0.717) is 18.4 Å². The summed E-state index contributed by atoms with van der Waals surface area (Å²) >= 11 is 0. The molecule has 5 nitrogen and oxygen atoms in total. The average Bonchev–Trinajstić information content (AvgIpc) is 3.16. The van der Waals surface area contributed by atoms with Crippen LogP contribution in [0.2, 0.25) is 0 Å². The van der Waals surface area contributed by atoms with Crippen molar-refractivity contribution in [2.45, 2.75) is 23.2 Å². The molecule has 0 bridgehead atoms. The third kappa shape index (κ3) is 3.63. The minimum Gasteiger partial charge on any atom is -0.330 e. The van der Waals surface area contributed by atoms with Crippen LogP contribution < -0.4 is 0 Å². The SMILES string of the molecule is Cn1c(C2(c3ccccc3)CCN(S(=O)(=O)c3ccc(F)cc3)CC2)nc2cc(F)ccc21. The van der Waals surface area contributed by atoms with Gasteiger partial charge in [0.15, 0.2) is 0 Å². The highest BCUT2D eigenvalue weighted by atomic mass is 32.2. The number of piperidine rings is 1. The van der Waals surface area contributed by atoms with Crippen molar-refractivity contribution in [1.29, 1.82) is 0 Å². The number of imidazole rings is 1. The average molecular weight is 468 g/mol. The summed E-state index contributed by atoms with van der Waals surface area (Å²) in [6, 6.07) is 19.4. The summed E-state index contributed by atoms with van der Waals surface area (Å²) in [6.07, 6.45) is 1.02. The molecule has 0 saturated carbocycles. The monoisotopic (exact) mass is 467 g/mol. The second-order valence-corrected chi connectivity index (χ2v) is 10.4. The second kappa shape index (κ2) is 8.04. The minimum absolute atomic E-state index is 0.0781. The third-order valence-electron chi connectivity index (χ3n) is 6.62. The fourth-order valence-corrected chi connectivity index (χ4v) is 6.30. The molecule has 1 aliphatic heterocycles. The number of sulfonamides is 1. The van der Waals surface area contributed by atoms with Gasteiger partial charge in [0.25, 0.3) is 0 Å². The van der Waals surface area contributed by atoms with E-state index in [0.717, 1.165) is 29.0 Å². The molecule has 0 aliphatic carbocycles. The largest absolute Gasteiger partial charge is 0.330 e. The van der Waals surface area contributed by atoms with E-state index >= 15 is 0 Å². The minimum atomic E-state index is -3.74. The zero-order valence-electron chi connectivity index (χ0n) is 18.1. The standard InChI is InChI=1S/C25H23F2N3O2S/c1-29-23-12-9-20(27)17-22(23)28-24(29)25(18-5-3-2-4-6-18)13-15-30(16-14-25)33(31,32)21-10-7-19(26)8-11-21/h2-12,17H,13-16H2,1H3. The number of hydrogen-bond acceptors (Lipinski definition) is 3. The maximum absolute atomic E-state index is 13.9. The van der Waals surface area contributed by atoms with Crippen molar-refractivity contribution in [2.75, 3.05) is 13.1 Å². The highest BCUT2D eigenvalue weighted by Crippen LogP contribution is 2.43. The van der Waals surface area contributed by atoms with Gasteiger partial charge in [0, 0.05) is 26.2 Å². The van der Waals surface area contributed by atoms with E-state index in [1.54, 1.807) is 6.07 Å². The summed E-state index contributed by atoms with van der Waals surface area (Å²) < 4.78 is 56.9. The van der Waals surface area contributed by atoms with Gasteiger partial charge in [-0.25, -0.2) is 22.2 Å². The lowest BCUT2D eigenvalue weighted by atomic mass is 9.72. The lowest BCUT2D eigenvalue weighted by Crippen LogP contribution is -2.46. The van der Waals surface area contributed by atoms with E-state index in [2.05, 4.69) is 0 Å². The number of nitrogens with zero attached hydrogens (tertiary/aromatic N) is 3. The molecule has 1 fully saturated rings. The third-order valence-corrected chi connectivity index (χ3v) is 8.54. The summed E-state index contributed by atoms with van der Waals surface area (Å²) in [4.78, 5) is 4.89. The molecule has 170 valence electrons. The second-order valence-electron chi connectivity index (χ2n) is 8.43. The Kier molecular flexibility index (Phi) is 5.29. The van der Waals surface area contributed by atoms with Crippen LogP contribution in [0.25, 0.3) is 11.0 Å². The summed E-state index contributed by atoms with van der Waals surface area (Å²) in [5.41, 5.74) is 1.91. The molecule has 1 aromatic heterocycles. The zero-order chi connectivity index (χ0) is 23.2. The quantitative estimate of drug-likeness (QED) is 0.440. The summed E-state index contributed by atoms with van der Waals surface area (Å²) in [5.74, 6) is -0.0387. The van der Waals surface area contributed by atoms with Gasteiger partial charge in [0.05, 0.1) is 21.3 Å². The van der Waals surface area contributed by atoms with Gasteiger partial charge in [0.2, 0.25) is 10.0 Å². The maximum Gasteiger partial charge on any atom is 0.243 e. The Bertz CT molecular complexity index is 1410. The first-order valence-corrected chi connectivity index (χ1v) is 12.2. The molecule has 2 heterocycles. The van der Waals surface area contributed by atoms with Gasteiger partial charge >= 0.3 is 0 Å². The van der Waals surface area contributed by atoms with Crippen molar-refractivity contribution in [1.82, 2.24) is 13.9 Å². The molecule has 1 aliphatic rings. The molecule has 4 aromatic rings. The van der Waals surface area contributed by atoms with Gasteiger partial charge in [-0.3, -0.25) is 0 Å². The molecule has 0 amide bonds.